The number of carbonyl (C=O) groups is 2. The van der Waals surface area contributed by atoms with Gasteiger partial charge in [-0.15, -0.1) is 6.58 Å². The van der Waals surface area contributed by atoms with Crippen molar-refractivity contribution in [1.29, 1.82) is 0 Å². The molecule has 3 rings (SSSR count). The van der Waals surface area contributed by atoms with Crippen LogP contribution in [0.25, 0.3) is 0 Å². The maximum atomic E-state index is 13.2. The lowest BCUT2D eigenvalue weighted by molar-refractivity contribution is -0.119. The summed E-state index contributed by atoms with van der Waals surface area (Å²) in [6.07, 6.45) is 1.22. The molecular weight excluding hydrogens is 450 g/mol. The van der Waals surface area contributed by atoms with E-state index in [1.54, 1.807) is 26.8 Å². The van der Waals surface area contributed by atoms with Gasteiger partial charge in [0, 0.05) is 18.2 Å². The Hall–Kier alpha value is -2.33. The number of hydrogen-bond donors (Lipinski definition) is 1. The molecule has 1 aromatic carbocycles. The summed E-state index contributed by atoms with van der Waals surface area (Å²) in [6, 6.07) is 8.17. The van der Waals surface area contributed by atoms with Crippen molar-refractivity contribution in [3.8, 4) is 0 Å². The molecule has 174 valence electrons. The molecule has 0 aliphatic carbocycles. The first-order chi connectivity index (χ1) is 15.0. The number of hydrogen-bond acceptors (Lipinski definition) is 6. The van der Waals surface area contributed by atoms with Crippen LogP contribution in [0.15, 0.2) is 48.0 Å². The second-order valence-electron chi connectivity index (χ2n) is 8.86. The van der Waals surface area contributed by atoms with Crippen molar-refractivity contribution in [1.82, 2.24) is 10.2 Å². The van der Waals surface area contributed by atoms with Crippen LogP contribution in [0.4, 0.5) is 4.79 Å². The minimum atomic E-state index is -3.11. The molecule has 2 fully saturated rings. The van der Waals surface area contributed by atoms with Crippen molar-refractivity contribution in [3.63, 3.8) is 0 Å². The number of aliphatic imine (C=N–C) groups is 1. The lowest BCUT2D eigenvalue weighted by atomic mass is 10.1. The number of amides is 2. The first-order valence-corrected chi connectivity index (χ1v) is 13.1. The van der Waals surface area contributed by atoms with Gasteiger partial charge in [0.1, 0.15) is 11.6 Å². The molecule has 2 aliphatic rings. The summed E-state index contributed by atoms with van der Waals surface area (Å²) < 4.78 is 29.4. The molecule has 2 amide bonds. The highest BCUT2D eigenvalue weighted by atomic mass is 32.2. The standard InChI is InChI=1S/C22H29N3O5S2/c1-5-11-25-17-13-32(28,29)14-18(17)31-20(25)24-19(26)16(12-15-9-7-6-8-10-15)23-21(27)30-22(2,3)4/h5-10,16-18H,1,11-14H2,2-4H3,(H,23,27)/t16-,17-,18+/m1/s1. The predicted molar refractivity (Wildman–Crippen MR) is 126 cm³/mol. The van der Waals surface area contributed by atoms with E-state index in [4.69, 9.17) is 4.74 Å². The van der Waals surface area contributed by atoms with Gasteiger partial charge in [0.05, 0.1) is 17.5 Å². The van der Waals surface area contributed by atoms with Crippen molar-refractivity contribution in [2.24, 2.45) is 4.99 Å². The van der Waals surface area contributed by atoms with E-state index in [0.717, 1.165) is 5.56 Å². The van der Waals surface area contributed by atoms with Gasteiger partial charge in [0.15, 0.2) is 15.0 Å². The van der Waals surface area contributed by atoms with E-state index < -0.39 is 33.5 Å². The van der Waals surface area contributed by atoms with Crippen LogP contribution in [0.3, 0.4) is 0 Å². The lowest BCUT2D eigenvalue weighted by Crippen LogP contribution is -2.45. The molecule has 1 N–H and O–H groups in total. The number of nitrogens with one attached hydrogen (secondary N) is 1. The topological polar surface area (TPSA) is 105 Å². The summed E-state index contributed by atoms with van der Waals surface area (Å²) >= 11 is 1.30. The number of nitrogens with zero attached hydrogens (tertiary/aromatic N) is 2. The molecule has 0 bridgehead atoms. The fraction of sp³-hybridized carbons (Fsp3) is 0.500. The second kappa shape index (κ2) is 9.66. The first-order valence-electron chi connectivity index (χ1n) is 10.4. The normalized spacial score (nSPS) is 24.1. The third-order valence-corrected chi connectivity index (χ3v) is 8.23. The van der Waals surface area contributed by atoms with Crippen LogP contribution in [-0.2, 0) is 25.8 Å². The molecule has 0 spiro atoms. The Kier molecular flexibility index (Phi) is 7.34. The number of fused-ring (bicyclic) bond motifs is 1. The Bertz CT molecular complexity index is 1000. The molecule has 2 heterocycles. The van der Waals surface area contributed by atoms with Crippen LogP contribution in [0.5, 0.6) is 0 Å². The second-order valence-corrected chi connectivity index (χ2v) is 12.2. The monoisotopic (exact) mass is 479 g/mol. The van der Waals surface area contributed by atoms with E-state index in [0.29, 0.717) is 11.7 Å². The third kappa shape index (κ3) is 6.35. The molecule has 0 radical (unpaired) electrons. The van der Waals surface area contributed by atoms with E-state index in [-0.39, 0.29) is 29.2 Å². The highest BCUT2D eigenvalue weighted by Crippen LogP contribution is 2.38. The molecule has 32 heavy (non-hydrogen) atoms. The van der Waals surface area contributed by atoms with Gasteiger partial charge < -0.3 is 15.0 Å². The average molecular weight is 480 g/mol. The predicted octanol–water partition coefficient (Wildman–Crippen LogP) is 2.41. The molecular formula is C22H29N3O5S2. The molecule has 8 nitrogen and oxygen atoms in total. The molecule has 1 aromatic rings. The van der Waals surface area contributed by atoms with Gasteiger partial charge in [-0.2, -0.15) is 4.99 Å². The van der Waals surface area contributed by atoms with Crippen molar-refractivity contribution in [2.45, 2.75) is 50.1 Å². The number of alkyl carbamates (subject to hydrolysis) is 1. The van der Waals surface area contributed by atoms with Crippen LogP contribution in [0, 0.1) is 0 Å². The maximum Gasteiger partial charge on any atom is 0.408 e. The van der Waals surface area contributed by atoms with Gasteiger partial charge >= 0.3 is 6.09 Å². The average Bonchev–Trinajstić information content (AvgIpc) is 3.13. The molecule has 10 heteroatoms. The van der Waals surface area contributed by atoms with Crippen LogP contribution < -0.4 is 5.32 Å². The quantitative estimate of drug-likeness (QED) is 0.625. The number of benzene rings is 1. The van der Waals surface area contributed by atoms with Crippen LogP contribution in [0.1, 0.15) is 26.3 Å². The summed E-state index contributed by atoms with van der Waals surface area (Å²) in [7, 11) is -3.11. The van der Waals surface area contributed by atoms with Crippen molar-refractivity contribution in [2.75, 3.05) is 18.1 Å². The molecule has 2 saturated heterocycles. The lowest BCUT2D eigenvalue weighted by Gasteiger charge is -2.24. The Morgan fingerprint density at radius 3 is 2.62 bits per heavy atom. The Morgan fingerprint density at radius 1 is 1.31 bits per heavy atom. The van der Waals surface area contributed by atoms with Crippen molar-refractivity contribution < 1.29 is 22.7 Å². The molecule has 0 aromatic heterocycles. The Labute approximate surface area is 193 Å². The van der Waals surface area contributed by atoms with E-state index in [1.165, 1.54) is 11.8 Å². The Balaban J connectivity index is 1.82. The number of carbonyl (C=O) groups excluding carboxylic acids is 2. The fourth-order valence-corrected chi connectivity index (χ4v) is 7.63. The minimum absolute atomic E-state index is 0.0370. The number of sulfone groups is 1. The SMILES string of the molecule is C=CCN1C(=NC(=O)[C@@H](Cc2ccccc2)NC(=O)OC(C)(C)C)S[C@H]2CS(=O)(=O)C[C@H]21. The molecule has 2 aliphatic heterocycles. The molecule has 0 unspecified atom stereocenters. The van der Waals surface area contributed by atoms with Gasteiger partial charge in [-0.3, -0.25) is 4.79 Å². The number of amidine groups is 1. The van der Waals surface area contributed by atoms with Crippen molar-refractivity contribution in [3.05, 3.63) is 48.6 Å². The van der Waals surface area contributed by atoms with Gasteiger partial charge in [-0.05, 0) is 26.3 Å². The van der Waals surface area contributed by atoms with Crippen LogP contribution >= 0.6 is 11.8 Å². The number of thioether (sulfide) groups is 1. The van der Waals surface area contributed by atoms with Crippen LogP contribution in [0.2, 0.25) is 0 Å². The Morgan fingerprint density at radius 2 is 2.00 bits per heavy atom. The van der Waals surface area contributed by atoms with E-state index in [9.17, 15) is 18.0 Å². The van der Waals surface area contributed by atoms with Gasteiger partial charge in [0.2, 0.25) is 0 Å². The van der Waals surface area contributed by atoms with Gasteiger partial charge in [-0.25, -0.2) is 13.2 Å². The van der Waals surface area contributed by atoms with E-state index >= 15 is 0 Å². The van der Waals surface area contributed by atoms with Gasteiger partial charge in [-0.1, -0.05) is 48.2 Å². The minimum Gasteiger partial charge on any atom is -0.444 e. The maximum absolute atomic E-state index is 13.2. The third-order valence-electron chi connectivity index (χ3n) is 4.98. The van der Waals surface area contributed by atoms with Crippen LogP contribution in [-0.4, -0.2) is 71.5 Å². The first kappa shape index (κ1) is 24.3. The zero-order valence-corrected chi connectivity index (χ0v) is 20.1. The smallest absolute Gasteiger partial charge is 0.408 e. The summed E-state index contributed by atoms with van der Waals surface area (Å²) in [5, 5.41) is 2.94. The van der Waals surface area contributed by atoms with E-state index in [1.807, 2.05) is 35.2 Å². The summed E-state index contributed by atoms with van der Waals surface area (Å²) in [5.41, 5.74) is 0.161. The zero-order chi connectivity index (χ0) is 23.5. The highest BCUT2D eigenvalue weighted by Gasteiger charge is 2.48. The highest BCUT2D eigenvalue weighted by molar-refractivity contribution is 8.15. The summed E-state index contributed by atoms with van der Waals surface area (Å²) in [4.78, 5) is 31.7. The summed E-state index contributed by atoms with van der Waals surface area (Å²) in [5.74, 6) is -0.415. The number of ether oxygens (including phenoxy) is 1. The fourth-order valence-electron chi connectivity index (χ4n) is 3.66. The van der Waals surface area contributed by atoms with E-state index in [2.05, 4.69) is 16.9 Å². The summed E-state index contributed by atoms with van der Waals surface area (Å²) in [6.45, 7) is 9.36. The number of rotatable bonds is 6. The zero-order valence-electron chi connectivity index (χ0n) is 18.5. The largest absolute Gasteiger partial charge is 0.444 e. The van der Waals surface area contributed by atoms with Crippen molar-refractivity contribution >= 4 is 38.8 Å². The molecule has 3 atom stereocenters. The molecule has 0 saturated carbocycles. The van der Waals surface area contributed by atoms with Gasteiger partial charge in [0.25, 0.3) is 5.91 Å².